The van der Waals surface area contributed by atoms with E-state index in [2.05, 4.69) is 70.2 Å². The average Bonchev–Trinajstić information content (AvgIpc) is 2.95. The lowest BCUT2D eigenvalue weighted by atomic mass is 9.81. The summed E-state index contributed by atoms with van der Waals surface area (Å²) in [5.74, 6) is 1.02. The Kier molecular flexibility index (Phi) is 4.06. The second kappa shape index (κ2) is 5.88. The predicted octanol–water partition coefficient (Wildman–Crippen LogP) is 6.01. The first-order valence-corrected chi connectivity index (χ1v) is 8.45. The summed E-state index contributed by atoms with van der Waals surface area (Å²) >= 11 is 0. The number of allylic oxidation sites excluding steroid dienone is 1. The molecule has 0 saturated heterocycles. The molecule has 2 aromatic rings. The molecule has 0 radical (unpaired) electrons. The highest BCUT2D eigenvalue weighted by molar-refractivity contribution is 5.86. The van der Waals surface area contributed by atoms with Crippen LogP contribution in [0.25, 0.3) is 17.2 Å². The van der Waals surface area contributed by atoms with Crippen molar-refractivity contribution in [2.75, 3.05) is 7.11 Å². The van der Waals surface area contributed by atoms with Gasteiger partial charge in [0.2, 0.25) is 0 Å². The Morgan fingerprint density at radius 2 is 1.78 bits per heavy atom. The first-order chi connectivity index (χ1) is 11.0. The van der Waals surface area contributed by atoms with Crippen molar-refractivity contribution in [2.45, 2.75) is 46.0 Å². The number of benzene rings is 2. The van der Waals surface area contributed by atoms with Crippen molar-refractivity contribution < 1.29 is 4.74 Å². The molecule has 0 aliphatic heterocycles. The molecule has 0 aromatic heterocycles. The highest BCUT2D eigenvalue weighted by atomic mass is 16.5. The highest BCUT2D eigenvalue weighted by Gasteiger charge is 2.27. The minimum atomic E-state index is 0.0544. The predicted molar refractivity (Wildman–Crippen MR) is 99.1 cm³/mol. The van der Waals surface area contributed by atoms with Gasteiger partial charge in [0, 0.05) is 11.1 Å². The topological polar surface area (TPSA) is 9.23 Å². The van der Waals surface area contributed by atoms with E-state index in [1.165, 1.54) is 33.4 Å². The number of rotatable bonds is 3. The van der Waals surface area contributed by atoms with Crippen molar-refractivity contribution >= 4 is 6.08 Å². The number of hydrogen-bond donors (Lipinski definition) is 0. The zero-order valence-electron chi connectivity index (χ0n) is 14.9. The SMILES string of the molecule is CCC1=Cc2c(cc(C(C)(C)C)c(OC)c2-c2ccccc2)C1. The summed E-state index contributed by atoms with van der Waals surface area (Å²) in [5.41, 5.74) is 8.12. The van der Waals surface area contributed by atoms with Crippen LogP contribution in [0.5, 0.6) is 5.75 Å². The quantitative estimate of drug-likeness (QED) is 0.675. The van der Waals surface area contributed by atoms with Crippen LogP contribution in [0.3, 0.4) is 0 Å². The molecular formula is C22H26O. The summed E-state index contributed by atoms with van der Waals surface area (Å²) in [5, 5.41) is 0. The lowest BCUT2D eigenvalue weighted by Crippen LogP contribution is -2.14. The zero-order chi connectivity index (χ0) is 16.6. The van der Waals surface area contributed by atoms with Gasteiger partial charge in [-0.3, -0.25) is 0 Å². The maximum atomic E-state index is 5.92. The summed E-state index contributed by atoms with van der Waals surface area (Å²) < 4.78 is 5.92. The van der Waals surface area contributed by atoms with Crippen LogP contribution in [0.4, 0.5) is 0 Å². The third-order valence-corrected chi connectivity index (χ3v) is 4.70. The monoisotopic (exact) mass is 306 g/mol. The van der Waals surface area contributed by atoms with Crippen LogP contribution in [0.2, 0.25) is 0 Å². The van der Waals surface area contributed by atoms with Crippen LogP contribution >= 0.6 is 0 Å². The van der Waals surface area contributed by atoms with Crippen LogP contribution in [-0.2, 0) is 11.8 Å². The van der Waals surface area contributed by atoms with Crippen LogP contribution < -0.4 is 4.74 Å². The minimum absolute atomic E-state index is 0.0544. The van der Waals surface area contributed by atoms with Crippen molar-refractivity contribution in [3.8, 4) is 16.9 Å². The van der Waals surface area contributed by atoms with Gasteiger partial charge in [-0.1, -0.05) is 75.7 Å². The van der Waals surface area contributed by atoms with E-state index >= 15 is 0 Å². The summed E-state index contributed by atoms with van der Waals surface area (Å²) in [6.45, 7) is 9.02. The first-order valence-electron chi connectivity index (χ1n) is 8.45. The van der Waals surface area contributed by atoms with Gasteiger partial charge < -0.3 is 4.74 Å². The molecule has 2 aromatic carbocycles. The van der Waals surface area contributed by atoms with Crippen molar-refractivity contribution in [3.05, 3.63) is 58.7 Å². The third kappa shape index (κ3) is 2.81. The molecular weight excluding hydrogens is 280 g/mol. The molecule has 0 amide bonds. The lowest BCUT2D eigenvalue weighted by Gasteiger charge is -2.26. The standard InChI is InChI=1S/C22H26O/c1-6-15-12-17-14-19(22(2,3)4)21(23-5)20(18(17)13-15)16-10-8-7-9-11-16/h7-11,13-14H,6,12H2,1-5H3. The van der Waals surface area contributed by atoms with Crippen molar-refractivity contribution in [1.82, 2.24) is 0 Å². The van der Waals surface area contributed by atoms with Crippen molar-refractivity contribution in [2.24, 2.45) is 0 Å². The molecule has 1 heteroatoms. The lowest BCUT2D eigenvalue weighted by molar-refractivity contribution is 0.399. The summed E-state index contributed by atoms with van der Waals surface area (Å²) in [6.07, 6.45) is 4.54. The molecule has 1 aliphatic carbocycles. The second-order valence-electron chi connectivity index (χ2n) is 7.35. The Hall–Kier alpha value is -2.02. The van der Waals surface area contributed by atoms with Gasteiger partial charge in [0.05, 0.1) is 7.11 Å². The minimum Gasteiger partial charge on any atom is -0.496 e. The van der Waals surface area contributed by atoms with Crippen molar-refractivity contribution in [1.29, 1.82) is 0 Å². The number of methoxy groups -OCH3 is 1. The van der Waals surface area contributed by atoms with Crippen LogP contribution in [-0.4, -0.2) is 7.11 Å². The highest BCUT2D eigenvalue weighted by Crippen LogP contribution is 2.46. The van der Waals surface area contributed by atoms with E-state index in [0.717, 1.165) is 18.6 Å². The van der Waals surface area contributed by atoms with Gasteiger partial charge >= 0.3 is 0 Å². The fraction of sp³-hybridized carbons (Fsp3) is 0.364. The molecule has 120 valence electrons. The zero-order valence-corrected chi connectivity index (χ0v) is 14.9. The Balaban J connectivity index is 2.34. The van der Waals surface area contributed by atoms with E-state index in [9.17, 15) is 0 Å². The average molecular weight is 306 g/mol. The summed E-state index contributed by atoms with van der Waals surface area (Å²) in [6, 6.07) is 13.0. The second-order valence-corrected chi connectivity index (χ2v) is 7.35. The molecule has 1 aliphatic rings. The Bertz CT molecular complexity index is 746. The molecule has 1 nitrogen and oxygen atoms in total. The normalized spacial score (nSPS) is 13.7. The molecule has 0 bridgehead atoms. The van der Waals surface area contributed by atoms with Crippen molar-refractivity contribution in [3.63, 3.8) is 0 Å². The van der Waals surface area contributed by atoms with E-state index in [0.29, 0.717) is 0 Å². The van der Waals surface area contributed by atoms with Gasteiger partial charge in [0.25, 0.3) is 0 Å². The van der Waals surface area contributed by atoms with Crippen LogP contribution in [0.1, 0.15) is 50.8 Å². The Morgan fingerprint density at radius 3 is 2.35 bits per heavy atom. The Labute approximate surface area is 140 Å². The van der Waals surface area contributed by atoms with Gasteiger partial charge in [-0.15, -0.1) is 0 Å². The smallest absolute Gasteiger partial charge is 0.131 e. The molecule has 0 saturated carbocycles. The largest absolute Gasteiger partial charge is 0.496 e. The Morgan fingerprint density at radius 1 is 1.09 bits per heavy atom. The number of hydrogen-bond acceptors (Lipinski definition) is 1. The molecule has 0 heterocycles. The van der Waals surface area contributed by atoms with Crippen LogP contribution in [0, 0.1) is 0 Å². The van der Waals surface area contributed by atoms with E-state index < -0.39 is 0 Å². The van der Waals surface area contributed by atoms with E-state index in [-0.39, 0.29) is 5.41 Å². The van der Waals surface area contributed by atoms with E-state index in [1.807, 2.05) is 0 Å². The third-order valence-electron chi connectivity index (χ3n) is 4.70. The molecule has 0 atom stereocenters. The van der Waals surface area contributed by atoms with Gasteiger partial charge in [-0.05, 0) is 34.9 Å². The summed E-state index contributed by atoms with van der Waals surface area (Å²) in [4.78, 5) is 0. The summed E-state index contributed by atoms with van der Waals surface area (Å²) in [7, 11) is 1.79. The molecule has 0 fully saturated rings. The molecule has 23 heavy (non-hydrogen) atoms. The number of fused-ring (bicyclic) bond motifs is 1. The van der Waals surface area contributed by atoms with Gasteiger partial charge in [-0.2, -0.15) is 0 Å². The molecule has 3 rings (SSSR count). The maximum Gasteiger partial charge on any atom is 0.131 e. The van der Waals surface area contributed by atoms with E-state index in [1.54, 1.807) is 7.11 Å². The van der Waals surface area contributed by atoms with Gasteiger partial charge in [0.1, 0.15) is 5.75 Å². The fourth-order valence-electron chi connectivity index (χ4n) is 3.43. The van der Waals surface area contributed by atoms with E-state index in [4.69, 9.17) is 4.74 Å². The maximum absolute atomic E-state index is 5.92. The van der Waals surface area contributed by atoms with Gasteiger partial charge in [-0.25, -0.2) is 0 Å². The molecule has 0 N–H and O–H groups in total. The fourth-order valence-corrected chi connectivity index (χ4v) is 3.43. The van der Waals surface area contributed by atoms with Gasteiger partial charge in [0.15, 0.2) is 0 Å². The molecule has 0 unspecified atom stereocenters. The number of ether oxygens (including phenoxy) is 1. The molecule has 0 spiro atoms. The van der Waals surface area contributed by atoms with Crippen LogP contribution in [0.15, 0.2) is 42.0 Å². The first kappa shape index (κ1) is 15.9.